The van der Waals surface area contributed by atoms with E-state index < -0.39 is 6.04 Å². The van der Waals surface area contributed by atoms with E-state index in [0.717, 1.165) is 17.5 Å². The Labute approximate surface area is 171 Å². The molecule has 2 atom stereocenters. The number of para-hydroxylation sites is 2. The van der Waals surface area contributed by atoms with Gasteiger partial charge in [0.05, 0.1) is 11.0 Å². The van der Waals surface area contributed by atoms with Crippen molar-refractivity contribution in [2.75, 3.05) is 5.32 Å². The number of hydrogen-bond donors (Lipinski definition) is 3. The average Bonchev–Trinajstić information content (AvgIpc) is 3.13. The van der Waals surface area contributed by atoms with Crippen molar-refractivity contribution in [3.8, 4) is 0 Å². The Balaban J connectivity index is 1.74. The lowest BCUT2D eigenvalue weighted by molar-refractivity contribution is -0.119. The fraction of sp³-hybridized carbons (Fsp3) is 0.348. The quantitative estimate of drug-likeness (QED) is 0.554. The van der Waals surface area contributed by atoms with Gasteiger partial charge in [-0.15, -0.1) is 0 Å². The summed E-state index contributed by atoms with van der Waals surface area (Å²) < 4.78 is 0. The molecule has 3 aromatic rings. The molecule has 6 nitrogen and oxygen atoms in total. The first-order chi connectivity index (χ1) is 13.9. The number of benzene rings is 2. The van der Waals surface area contributed by atoms with E-state index in [1.54, 1.807) is 12.1 Å². The molecule has 1 aromatic heterocycles. The molecule has 3 N–H and O–H groups in total. The second-order valence-corrected chi connectivity index (χ2v) is 7.71. The van der Waals surface area contributed by atoms with E-state index in [4.69, 9.17) is 0 Å². The molecule has 0 aliphatic rings. The molecule has 0 aliphatic heterocycles. The van der Waals surface area contributed by atoms with E-state index >= 15 is 0 Å². The Morgan fingerprint density at radius 2 is 1.72 bits per heavy atom. The second-order valence-electron chi connectivity index (χ2n) is 7.71. The smallest absolute Gasteiger partial charge is 0.251 e. The van der Waals surface area contributed by atoms with Crippen molar-refractivity contribution in [2.24, 2.45) is 5.92 Å². The summed E-state index contributed by atoms with van der Waals surface area (Å²) in [5.74, 6) is 0.198. The van der Waals surface area contributed by atoms with Gasteiger partial charge in [0.1, 0.15) is 6.04 Å². The number of imidazole rings is 1. The fourth-order valence-corrected chi connectivity index (χ4v) is 3.15. The molecule has 0 unspecified atom stereocenters. The minimum Gasteiger partial charge on any atom is -0.340 e. The summed E-state index contributed by atoms with van der Waals surface area (Å²) in [5.41, 5.74) is 3.33. The number of amides is 2. The summed E-state index contributed by atoms with van der Waals surface area (Å²) >= 11 is 0. The summed E-state index contributed by atoms with van der Waals surface area (Å²) in [4.78, 5) is 33.1. The maximum absolute atomic E-state index is 12.9. The number of anilines is 1. The number of aromatic nitrogens is 2. The summed E-state index contributed by atoms with van der Waals surface area (Å²) in [7, 11) is 0. The number of nitrogens with one attached hydrogen (secondary N) is 3. The van der Waals surface area contributed by atoms with Gasteiger partial charge in [-0.1, -0.05) is 58.4 Å². The zero-order chi connectivity index (χ0) is 21.0. The topological polar surface area (TPSA) is 86.9 Å². The van der Waals surface area contributed by atoms with E-state index in [1.165, 1.54) is 5.56 Å². The molecule has 2 aromatic carbocycles. The first kappa shape index (κ1) is 20.6. The van der Waals surface area contributed by atoms with Crippen molar-refractivity contribution in [1.82, 2.24) is 15.3 Å². The highest BCUT2D eigenvalue weighted by molar-refractivity contribution is 6.01. The number of aromatic amines is 1. The van der Waals surface area contributed by atoms with Crippen LogP contribution in [-0.2, 0) is 4.79 Å². The Bertz CT molecular complexity index is 959. The number of fused-ring (bicyclic) bond motifs is 1. The Morgan fingerprint density at radius 3 is 2.34 bits per heavy atom. The molecule has 1 heterocycles. The van der Waals surface area contributed by atoms with E-state index in [1.807, 2.05) is 50.2 Å². The number of carbonyl (C=O) groups is 2. The normalized spacial score (nSPS) is 13.3. The van der Waals surface area contributed by atoms with E-state index in [9.17, 15) is 9.59 Å². The summed E-state index contributed by atoms with van der Waals surface area (Å²) in [6.45, 7) is 8.16. The van der Waals surface area contributed by atoms with Crippen LogP contribution in [0.4, 0.5) is 5.95 Å². The molecule has 0 radical (unpaired) electrons. The molecule has 6 heteroatoms. The van der Waals surface area contributed by atoms with Gasteiger partial charge in [-0.2, -0.15) is 0 Å². The van der Waals surface area contributed by atoms with Crippen LogP contribution in [0.2, 0.25) is 0 Å². The standard InChI is InChI=1S/C23H28N4O2/c1-5-15(4)20(26-21(28)17-12-10-16(11-13-17)14(2)3)22(29)27-23-24-18-8-6-7-9-19(18)25-23/h6-15,20H,5H2,1-4H3,(H,26,28)(H2,24,25,27,29)/t15-,20+/m0/s1. The first-order valence-corrected chi connectivity index (χ1v) is 10.1. The lowest BCUT2D eigenvalue weighted by atomic mass is 9.97. The third-order valence-corrected chi connectivity index (χ3v) is 5.25. The Hall–Kier alpha value is -3.15. The molecule has 0 spiro atoms. The van der Waals surface area contributed by atoms with Gasteiger partial charge < -0.3 is 10.3 Å². The van der Waals surface area contributed by atoms with Crippen LogP contribution in [0.15, 0.2) is 48.5 Å². The zero-order valence-corrected chi connectivity index (χ0v) is 17.3. The molecular formula is C23H28N4O2. The number of hydrogen-bond acceptors (Lipinski definition) is 3. The van der Waals surface area contributed by atoms with Gasteiger partial charge in [0.2, 0.25) is 11.9 Å². The van der Waals surface area contributed by atoms with Gasteiger partial charge in [-0.05, 0) is 41.7 Å². The van der Waals surface area contributed by atoms with Gasteiger partial charge in [-0.3, -0.25) is 14.9 Å². The molecule has 29 heavy (non-hydrogen) atoms. The maximum atomic E-state index is 12.9. The van der Waals surface area contributed by atoms with Crippen LogP contribution in [-0.4, -0.2) is 27.8 Å². The summed E-state index contributed by atoms with van der Waals surface area (Å²) in [6, 6.07) is 14.4. The summed E-state index contributed by atoms with van der Waals surface area (Å²) in [5, 5.41) is 5.70. The summed E-state index contributed by atoms with van der Waals surface area (Å²) in [6.07, 6.45) is 0.755. The van der Waals surface area contributed by atoms with Crippen molar-refractivity contribution in [1.29, 1.82) is 0 Å². The van der Waals surface area contributed by atoms with Crippen molar-refractivity contribution in [2.45, 2.75) is 46.1 Å². The van der Waals surface area contributed by atoms with Crippen LogP contribution in [0, 0.1) is 5.92 Å². The molecule has 3 rings (SSSR count). The monoisotopic (exact) mass is 392 g/mol. The predicted octanol–water partition coefficient (Wildman–Crippen LogP) is 4.47. The van der Waals surface area contributed by atoms with E-state index in [0.29, 0.717) is 17.4 Å². The number of H-pyrrole nitrogens is 1. The second kappa shape index (κ2) is 8.90. The van der Waals surface area contributed by atoms with Crippen LogP contribution in [0.3, 0.4) is 0 Å². The Morgan fingerprint density at radius 1 is 1.03 bits per heavy atom. The van der Waals surface area contributed by atoms with Crippen LogP contribution in [0.5, 0.6) is 0 Å². The van der Waals surface area contributed by atoms with E-state index in [-0.39, 0.29) is 17.7 Å². The van der Waals surface area contributed by atoms with Crippen LogP contribution < -0.4 is 10.6 Å². The van der Waals surface area contributed by atoms with Crippen molar-refractivity contribution in [3.05, 3.63) is 59.7 Å². The van der Waals surface area contributed by atoms with Crippen LogP contribution >= 0.6 is 0 Å². The Kier molecular flexibility index (Phi) is 6.32. The SMILES string of the molecule is CC[C@H](C)[C@@H](NC(=O)c1ccc(C(C)C)cc1)C(=O)Nc1nc2ccccc2[nH]1. The van der Waals surface area contributed by atoms with Gasteiger partial charge in [0.15, 0.2) is 0 Å². The highest BCUT2D eigenvalue weighted by atomic mass is 16.2. The lowest BCUT2D eigenvalue weighted by Crippen LogP contribution is -2.47. The highest BCUT2D eigenvalue weighted by Gasteiger charge is 2.27. The molecule has 0 aliphatic carbocycles. The van der Waals surface area contributed by atoms with Crippen molar-refractivity contribution in [3.63, 3.8) is 0 Å². The van der Waals surface area contributed by atoms with Crippen LogP contribution in [0.1, 0.15) is 56.0 Å². The molecule has 0 bridgehead atoms. The number of rotatable bonds is 7. The third-order valence-electron chi connectivity index (χ3n) is 5.25. The lowest BCUT2D eigenvalue weighted by Gasteiger charge is -2.23. The number of nitrogens with zero attached hydrogens (tertiary/aromatic N) is 1. The van der Waals surface area contributed by atoms with Crippen LogP contribution in [0.25, 0.3) is 11.0 Å². The maximum Gasteiger partial charge on any atom is 0.251 e. The third kappa shape index (κ3) is 4.83. The molecule has 0 fully saturated rings. The molecule has 152 valence electrons. The highest BCUT2D eigenvalue weighted by Crippen LogP contribution is 2.17. The molecule has 0 saturated heterocycles. The fourth-order valence-electron chi connectivity index (χ4n) is 3.15. The molecule has 0 saturated carbocycles. The molecule has 2 amide bonds. The van der Waals surface area contributed by atoms with Gasteiger partial charge in [0.25, 0.3) is 5.91 Å². The zero-order valence-electron chi connectivity index (χ0n) is 17.3. The van der Waals surface area contributed by atoms with Gasteiger partial charge in [-0.25, -0.2) is 4.98 Å². The largest absolute Gasteiger partial charge is 0.340 e. The van der Waals surface area contributed by atoms with E-state index in [2.05, 4.69) is 34.4 Å². The predicted molar refractivity (Wildman–Crippen MR) is 116 cm³/mol. The van der Waals surface area contributed by atoms with Crippen molar-refractivity contribution >= 4 is 28.8 Å². The average molecular weight is 393 g/mol. The van der Waals surface area contributed by atoms with Crippen molar-refractivity contribution < 1.29 is 9.59 Å². The molecular weight excluding hydrogens is 364 g/mol. The minimum atomic E-state index is -0.662. The van der Waals surface area contributed by atoms with Gasteiger partial charge in [0, 0.05) is 5.56 Å². The number of carbonyl (C=O) groups excluding carboxylic acids is 2. The van der Waals surface area contributed by atoms with Gasteiger partial charge >= 0.3 is 0 Å². The first-order valence-electron chi connectivity index (χ1n) is 10.1. The minimum absolute atomic E-state index is 0.0294.